The summed E-state index contributed by atoms with van der Waals surface area (Å²) in [5.41, 5.74) is 0.141. The molecule has 3 nitrogen and oxygen atoms in total. The molecule has 0 bridgehead atoms. The van der Waals surface area contributed by atoms with Crippen LogP contribution in [0.25, 0.3) is 0 Å². The minimum atomic E-state index is 0.141. The summed E-state index contributed by atoms with van der Waals surface area (Å²) >= 11 is 1.72. The third-order valence-electron chi connectivity index (χ3n) is 2.29. The third-order valence-corrected chi connectivity index (χ3v) is 3.44. The van der Waals surface area contributed by atoms with Gasteiger partial charge in [-0.25, -0.2) is 0 Å². The van der Waals surface area contributed by atoms with Crippen molar-refractivity contribution < 1.29 is 0 Å². The highest BCUT2D eigenvalue weighted by Crippen LogP contribution is 2.22. The Labute approximate surface area is 96.3 Å². The van der Waals surface area contributed by atoms with Crippen LogP contribution in [0.1, 0.15) is 57.0 Å². The summed E-state index contributed by atoms with van der Waals surface area (Å²) in [5, 5.41) is 14.1. The van der Waals surface area contributed by atoms with Crippen molar-refractivity contribution in [1.82, 2.24) is 15.5 Å². The number of nitrogens with one attached hydrogen (secondary N) is 1. The average molecular weight is 227 g/mol. The Morgan fingerprint density at radius 1 is 1.33 bits per heavy atom. The third kappa shape index (κ3) is 4.26. The molecule has 0 saturated heterocycles. The lowest BCUT2D eigenvalue weighted by Crippen LogP contribution is -2.35. The molecule has 1 N–H and O–H groups in total. The lowest BCUT2D eigenvalue weighted by molar-refractivity contribution is 0.423. The Morgan fingerprint density at radius 2 is 2.00 bits per heavy atom. The molecule has 1 atom stereocenters. The van der Waals surface area contributed by atoms with Gasteiger partial charge in [0.1, 0.15) is 10.0 Å². The normalized spacial score (nSPS) is 14.2. The summed E-state index contributed by atoms with van der Waals surface area (Å²) in [7, 11) is 0. The molecule has 0 radical (unpaired) electrons. The quantitative estimate of drug-likeness (QED) is 0.859. The van der Waals surface area contributed by atoms with Crippen LogP contribution in [0, 0.1) is 0 Å². The Kier molecular flexibility index (Phi) is 4.22. The number of aromatic nitrogens is 2. The predicted octanol–water partition coefficient (Wildman–Crippen LogP) is 2.94. The molecule has 86 valence electrons. The van der Waals surface area contributed by atoms with Gasteiger partial charge in [0.15, 0.2) is 0 Å². The number of hydrogen-bond donors (Lipinski definition) is 1. The number of rotatable bonds is 4. The highest BCUT2D eigenvalue weighted by molar-refractivity contribution is 7.11. The Morgan fingerprint density at radius 3 is 2.53 bits per heavy atom. The lowest BCUT2D eigenvalue weighted by atomic mass is 10.1. The van der Waals surface area contributed by atoms with Crippen molar-refractivity contribution >= 4 is 11.3 Å². The molecule has 0 aliphatic rings. The van der Waals surface area contributed by atoms with Crippen LogP contribution >= 0.6 is 11.3 Å². The summed E-state index contributed by atoms with van der Waals surface area (Å²) in [6, 6.07) is 0. The molecule has 0 spiro atoms. The van der Waals surface area contributed by atoms with Gasteiger partial charge in [-0.05, 0) is 27.2 Å². The van der Waals surface area contributed by atoms with Crippen molar-refractivity contribution in [3.8, 4) is 0 Å². The van der Waals surface area contributed by atoms with E-state index in [1.165, 1.54) is 0 Å². The first kappa shape index (κ1) is 12.6. The number of hydrogen-bond acceptors (Lipinski definition) is 4. The first-order chi connectivity index (χ1) is 6.92. The van der Waals surface area contributed by atoms with Crippen LogP contribution in [0.15, 0.2) is 0 Å². The molecule has 0 aliphatic heterocycles. The molecule has 0 fully saturated rings. The van der Waals surface area contributed by atoms with Gasteiger partial charge in [-0.1, -0.05) is 25.2 Å². The van der Waals surface area contributed by atoms with Crippen LogP contribution < -0.4 is 5.32 Å². The van der Waals surface area contributed by atoms with E-state index in [4.69, 9.17) is 0 Å². The van der Waals surface area contributed by atoms with E-state index in [2.05, 4.69) is 50.1 Å². The molecule has 1 unspecified atom stereocenters. The highest BCUT2D eigenvalue weighted by Gasteiger charge is 2.13. The summed E-state index contributed by atoms with van der Waals surface area (Å²) in [5.74, 6) is 0.533. The molecule has 0 aliphatic carbocycles. The van der Waals surface area contributed by atoms with E-state index in [0.29, 0.717) is 5.92 Å². The first-order valence-corrected chi connectivity index (χ1v) is 6.31. The van der Waals surface area contributed by atoms with Gasteiger partial charge in [-0.3, -0.25) is 0 Å². The molecule has 1 aromatic rings. The van der Waals surface area contributed by atoms with E-state index in [1.54, 1.807) is 11.3 Å². The van der Waals surface area contributed by atoms with Gasteiger partial charge < -0.3 is 5.32 Å². The summed E-state index contributed by atoms with van der Waals surface area (Å²) in [4.78, 5) is 0. The smallest absolute Gasteiger partial charge is 0.131 e. The molecule has 0 saturated carbocycles. The van der Waals surface area contributed by atoms with Crippen molar-refractivity contribution in [2.75, 3.05) is 0 Å². The van der Waals surface area contributed by atoms with Crippen LogP contribution in [0.5, 0.6) is 0 Å². The molecular formula is C11H21N3S. The SMILES string of the molecule is CCC(C)c1nnc(CNC(C)(C)C)s1. The molecule has 0 aromatic carbocycles. The second-order valence-electron chi connectivity index (χ2n) is 4.95. The largest absolute Gasteiger partial charge is 0.306 e. The van der Waals surface area contributed by atoms with Crippen LogP contribution in [0.4, 0.5) is 0 Å². The lowest BCUT2D eigenvalue weighted by Gasteiger charge is -2.19. The van der Waals surface area contributed by atoms with Gasteiger partial charge in [0.2, 0.25) is 0 Å². The maximum atomic E-state index is 4.22. The van der Waals surface area contributed by atoms with Gasteiger partial charge in [0.25, 0.3) is 0 Å². The van der Waals surface area contributed by atoms with E-state index in [-0.39, 0.29) is 5.54 Å². The molecule has 1 rings (SSSR count). The fourth-order valence-electron chi connectivity index (χ4n) is 1.05. The molecule has 1 heterocycles. The monoisotopic (exact) mass is 227 g/mol. The van der Waals surface area contributed by atoms with E-state index >= 15 is 0 Å². The number of nitrogens with zero attached hydrogens (tertiary/aromatic N) is 2. The van der Waals surface area contributed by atoms with Gasteiger partial charge in [0.05, 0.1) is 6.54 Å². The standard InChI is InChI=1S/C11H21N3S/c1-6-8(2)10-14-13-9(15-10)7-12-11(3,4)5/h8,12H,6-7H2,1-5H3. The van der Waals surface area contributed by atoms with Gasteiger partial charge in [0, 0.05) is 11.5 Å². The van der Waals surface area contributed by atoms with Crippen molar-refractivity contribution in [2.24, 2.45) is 0 Å². The first-order valence-electron chi connectivity index (χ1n) is 5.49. The Hall–Kier alpha value is -0.480. The maximum absolute atomic E-state index is 4.22. The zero-order chi connectivity index (χ0) is 11.5. The van der Waals surface area contributed by atoms with Gasteiger partial charge >= 0.3 is 0 Å². The van der Waals surface area contributed by atoms with E-state index in [1.807, 2.05) is 0 Å². The predicted molar refractivity (Wildman–Crippen MR) is 65.2 cm³/mol. The van der Waals surface area contributed by atoms with Crippen molar-refractivity contribution in [3.63, 3.8) is 0 Å². The summed E-state index contributed by atoms with van der Waals surface area (Å²) < 4.78 is 0. The van der Waals surface area contributed by atoms with Crippen LogP contribution in [0.3, 0.4) is 0 Å². The Bertz CT molecular complexity index is 301. The minimum absolute atomic E-state index is 0.141. The zero-order valence-corrected chi connectivity index (χ0v) is 11.1. The second-order valence-corrected chi connectivity index (χ2v) is 6.04. The minimum Gasteiger partial charge on any atom is -0.306 e. The molecular weight excluding hydrogens is 206 g/mol. The zero-order valence-electron chi connectivity index (χ0n) is 10.3. The van der Waals surface area contributed by atoms with Crippen molar-refractivity contribution in [3.05, 3.63) is 10.0 Å². The fourth-order valence-corrected chi connectivity index (χ4v) is 1.97. The van der Waals surface area contributed by atoms with E-state index in [9.17, 15) is 0 Å². The average Bonchev–Trinajstić information content (AvgIpc) is 2.61. The van der Waals surface area contributed by atoms with Gasteiger partial charge in [-0.2, -0.15) is 0 Å². The van der Waals surface area contributed by atoms with Crippen LogP contribution in [-0.2, 0) is 6.54 Å². The van der Waals surface area contributed by atoms with Crippen LogP contribution in [-0.4, -0.2) is 15.7 Å². The Balaban J connectivity index is 2.53. The van der Waals surface area contributed by atoms with Crippen molar-refractivity contribution in [1.29, 1.82) is 0 Å². The van der Waals surface area contributed by atoms with E-state index < -0.39 is 0 Å². The summed E-state index contributed by atoms with van der Waals surface area (Å²) in [6.07, 6.45) is 1.13. The topological polar surface area (TPSA) is 37.8 Å². The van der Waals surface area contributed by atoms with Crippen molar-refractivity contribution in [2.45, 2.75) is 59.0 Å². The molecule has 15 heavy (non-hydrogen) atoms. The molecule has 1 aromatic heterocycles. The fraction of sp³-hybridized carbons (Fsp3) is 0.818. The maximum Gasteiger partial charge on any atom is 0.131 e. The van der Waals surface area contributed by atoms with Gasteiger partial charge in [-0.15, -0.1) is 10.2 Å². The highest BCUT2D eigenvalue weighted by atomic mass is 32.1. The van der Waals surface area contributed by atoms with Crippen LogP contribution in [0.2, 0.25) is 0 Å². The summed E-state index contributed by atoms with van der Waals surface area (Å²) in [6.45, 7) is 11.7. The van der Waals surface area contributed by atoms with E-state index in [0.717, 1.165) is 23.0 Å². The molecule has 0 amide bonds. The molecule has 4 heteroatoms. The second kappa shape index (κ2) is 5.03.